The van der Waals surface area contributed by atoms with E-state index in [1.165, 1.54) is 11.1 Å². The Balaban J connectivity index is 2.19. The van der Waals surface area contributed by atoms with Crippen molar-refractivity contribution in [3.05, 3.63) is 58.9 Å². The summed E-state index contributed by atoms with van der Waals surface area (Å²) in [4.78, 5) is 4.14. The number of ether oxygens (including phenoxy) is 1. The second kappa shape index (κ2) is 7.20. The summed E-state index contributed by atoms with van der Waals surface area (Å²) < 4.78 is 5.58. The maximum Gasteiger partial charge on any atom is 0.126 e. The van der Waals surface area contributed by atoms with Crippen molar-refractivity contribution in [2.24, 2.45) is 5.84 Å². The van der Waals surface area contributed by atoms with Crippen LogP contribution in [0.5, 0.6) is 5.75 Å². The van der Waals surface area contributed by atoms with Gasteiger partial charge in [0.05, 0.1) is 7.11 Å². The monoisotopic (exact) mass is 285 g/mol. The number of hydrogen-bond acceptors (Lipinski definition) is 4. The van der Waals surface area contributed by atoms with E-state index in [9.17, 15) is 0 Å². The molecule has 4 heteroatoms. The van der Waals surface area contributed by atoms with Gasteiger partial charge in [0.2, 0.25) is 0 Å². The summed E-state index contributed by atoms with van der Waals surface area (Å²) in [5.74, 6) is 6.68. The molecule has 1 aromatic carbocycles. The van der Waals surface area contributed by atoms with Crippen molar-refractivity contribution in [2.75, 3.05) is 7.11 Å². The summed E-state index contributed by atoms with van der Waals surface area (Å²) in [7, 11) is 1.71. The molecule has 0 aliphatic carbocycles. The van der Waals surface area contributed by atoms with Gasteiger partial charge in [0, 0.05) is 24.0 Å². The number of nitrogens with one attached hydrogen (secondary N) is 1. The van der Waals surface area contributed by atoms with Crippen LogP contribution >= 0.6 is 0 Å². The fourth-order valence-electron chi connectivity index (χ4n) is 2.54. The molecule has 3 N–H and O–H groups in total. The van der Waals surface area contributed by atoms with Gasteiger partial charge < -0.3 is 4.74 Å². The van der Waals surface area contributed by atoms with Crippen molar-refractivity contribution in [3.63, 3.8) is 0 Å². The summed E-state index contributed by atoms with van der Waals surface area (Å²) >= 11 is 0. The lowest BCUT2D eigenvalue weighted by Gasteiger charge is -2.21. The lowest BCUT2D eigenvalue weighted by atomic mass is 9.95. The van der Waals surface area contributed by atoms with Gasteiger partial charge in [-0.05, 0) is 49.4 Å². The van der Waals surface area contributed by atoms with E-state index in [1.807, 2.05) is 12.3 Å². The molecular weight excluding hydrogens is 262 g/mol. The first-order valence-electron chi connectivity index (χ1n) is 7.16. The number of aryl methyl sites for hydroxylation is 2. The van der Waals surface area contributed by atoms with Crippen LogP contribution in [-0.4, -0.2) is 12.1 Å². The normalized spacial score (nSPS) is 12.2. The molecule has 1 unspecified atom stereocenters. The highest BCUT2D eigenvalue weighted by atomic mass is 16.5. The Morgan fingerprint density at radius 2 is 2.10 bits per heavy atom. The van der Waals surface area contributed by atoms with Crippen molar-refractivity contribution < 1.29 is 4.74 Å². The fraction of sp³-hybridized carbons (Fsp3) is 0.353. The molecule has 0 aliphatic heterocycles. The van der Waals surface area contributed by atoms with Crippen LogP contribution in [0, 0.1) is 13.8 Å². The third kappa shape index (κ3) is 3.60. The topological polar surface area (TPSA) is 60.2 Å². The predicted octanol–water partition coefficient (Wildman–Crippen LogP) is 2.84. The number of methoxy groups -OCH3 is 1. The molecule has 0 spiro atoms. The lowest BCUT2D eigenvalue weighted by Crippen LogP contribution is -2.29. The minimum absolute atomic E-state index is 0.0551. The Bertz CT molecular complexity index is 584. The van der Waals surface area contributed by atoms with Gasteiger partial charge in [-0.2, -0.15) is 0 Å². The SMILES string of the molecule is COc1c(C(CCc2cccnc2)NN)ccc(C)c1C. The summed E-state index contributed by atoms with van der Waals surface area (Å²) in [6.45, 7) is 4.16. The number of hydrogen-bond donors (Lipinski definition) is 2. The minimum Gasteiger partial charge on any atom is -0.496 e. The van der Waals surface area contributed by atoms with Crippen LogP contribution in [-0.2, 0) is 6.42 Å². The zero-order valence-electron chi connectivity index (χ0n) is 12.9. The van der Waals surface area contributed by atoms with Crippen molar-refractivity contribution in [1.82, 2.24) is 10.4 Å². The van der Waals surface area contributed by atoms with Crippen molar-refractivity contribution in [3.8, 4) is 5.75 Å². The lowest BCUT2D eigenvalue weighted by molar-refractivity contribution is 0.392. The number of nitrogens with zero attached hydrogens (tertiary/aromatic N) is 1. The van der Waals surface area contributed by atoms with Crippen LogP contribution in [0.3, 0.4) is 0 Å². The van der Waals surface area contributed by atoms with E-state index in [1.54, 1.807) is 13.3 Å². The van der Waals surface area contributed by atoms with Crippen LogP contribution in [0.1, 0.15) is 34.7 Å². The molecule has 4 nitrogen and oxygen atoms in total. The maximum atomic E-state index is 5.76. The smallest absolute Gasteiger partial charge is 0.126 e. The van der Waals surface area contributed by atoms with Gasteiger partial charge in [0.1, 0.15) is 5.75 Å². The highest BCUT2D eigenvalue weighted by Gasteiger charge is 2.17. The Labute approximate surface area is 126 Å². The summed E-state index contributed by atoms with van der Waals surface area (Å²) in [5.41, 5.74) is 7.61. The van der Waals surface area contributed by atoms with E-state index in [4.69, 9.17) is 10.6 Å². The minimum atomic E-state index is 0.0551. The van der Waals surface area contributed by atoms with Gasteiger partial charge in [0.25, 0.3) is 0 Å². The molecular formula is C17H23N3O. The number of rotatable bonds is 6. The Morgan fingerprint density at radius 3 is 2.71 bits per heavy atom. The first-order valence-corrected chi connectivity index (χ1v) is 7.16. The molecule has 0 amide bonds. The average molecular weight is 285 g/mol. The van der Waals surface area contributed by atoms with Crippen LogP contribution in [0.2, 0.25) is 0 Å². The largest absolute Gasteiger partial charge is 0.496 e. The van der Waals surface area contributed by atoms with Crippen molar-refractivity contribution in [2.45, 2.75) is 32.7 Å². The molecule has 2 aromatic rings. The van der Waals surface area contributed by atoms with Gasteiger partial charge in [0.15, 0.2) is 0 Å². The van der Waals surface area contributed by atoms with Crippen LogP contribution in [0.25, 0.3) is 0 Å². The first kappa shape index (κ1) is 15.5. The summed E-state index contributed by atoms with van der Waals surface area (Å²) in [5, 5.41) is 0. The van der Waals surface area contributed by atoms with E-state index in [0.29, 0.717) is 0 Å². The highest BCUT2D eigenvalue weighted by molar-refractivity contribution is 5.46. The standard InChI is InChI=1S/C17H23N3O/c1-12-6-8-15(17(21-3)13(12)2)16(20-18)9-7-14-5-4-10-19-11-14/h4-6,8,10-11,16,20H,7,9,18H2,1-3H3. The average Bonchev–Trinajstić information content (AvgIpc) is 2.52. The second-order valence-corrected chi connectivity index (χ2v) is 5.25. The zero-order chi connectivity index (χ0) is 15.2. The maximum absolute atomic E-state index is 5.76. The number of hydrazine groups is 1. The van der Waals surface area contributed by atoms with E-state index in [-0.39, 0.29) is 6.04 Å². The van der Waals surface area contributed by atoms with Crippen molar-refractivity contribution in [1.29, 1.82) is 0 Å². The Morgan fingerprint density at radius 1 is 1.29 bits per heavy atom. The van der Waals surface area contributed by atoms with Crippen molar-refractivity contribution >= 4 is 0 Å². The van der Waals surface area contributed by atoms with Gasteiger partial charge in [-0.3, -0.25) is 16.3 Å². The Hall–Kier alpha value is -1.91. The molecule has 2 rings (SSSR count). The van der Waals surface area contributed by atoms with Crippen LogP contribution in [0.4, 0.5) is 0 Å². The highest BCUT2D eigenvalue weighted by Crippen LogP contribution is 2.32. The third-order valence-electron chi connectivity index (χ3n) is 3.93. The van der Waals surface area contributed by atoms with E-state index in [0.717, 1.165) is 29.7 Å². The number of aromatic nitrogens is 1. The summed E-state index contributed by atoms with van der Waals surface area (Å²) in [6, 6.07) is 8.30. The van der Waals surface area contributed by atoms with Crippen LogP contribution in [0.15, 0.2) is 36.7 Å². The predicted molar refractivity (Wildman–Crippen MR) is 85.1 cm³/mol. The second-order valence-electron chi connectivity index (χ2n) is 5.25. The molecule has 21 heavy (non-hydrogen) atoms. The van der Waals surface area contributed by atoms with Crippen LogP contribution < -0.4 is 16.0 Å². The number of nitrogens with two attached hydrogens (primary N) is 1. The zero-order valence-corrected chi connectivity index (χ0v) is 12.9. The first-order chi connectivity index (χ1) is 10.2. The molecule has 0 saturated carbocycles. The van der Waals surface area contributed by atoms with Gasteiger partial charge in [-0.25, -0.2) is 0 Å². The molecule has 0 radical (unpaired) electrons. The summed E-state index contributed by atoms with van der Waals surface area (Å²) in [6.07, 6.45) is 5.49. The quantitative estimate of drug-likeness (QED) is 0.633. The fourth-order valence-corrected chi connectivity index (χ4v) is 2.54. The molecule has 0 aliphatic rings. The van der Waals surface area contributed by atoms with Gasteiger partial charge in [-0.1, -0.05) is 18.2 Å². The van der Waals surface area contributed by atoms with E-state index >= 15 is 0 Å². The molecule has 0 fully saturated rings. The third-order valence-corrected chi connectivity index (χ3v) is 3.93. The molecule has 1 aromatic heterocycles. The van der Waals surface area contributed by atoms with Gasteiger partial charge >= 0.3 is 0 Å². The molecule has 112 valence electrons. The van der Waals surface area contributed by atoms with Gasteiger partial charge in [-0.15, -0.1) is 0 Å². The Kier molecular flexibility index (Phi) is 5.31. The van der Waals surface area contributed by atoms with E-state index in [2.05, 4.69) is 42.5 Å². The van der Waals surface area contributed by atoms with E-state index < -0.39 is 0 Å². The molecule has 0 bridgehead atoms. The number of pyridine rings is 1. The number of benzene rings is 1. The molecule has 0 saturated heterocycles. The molecule has 1 heterocycles. The molecule has 1 atom stereocenters.